The molecule has 0 aliphatic carbocycles. The van der Waals surface area contributed by atoms with Gasteiger partial charge in [0.15, 0.2) is 0 Å². The van der Waals surface area contributed by atoms with Gasteiger partial charge >= 0.3 is 0 Å². The number of rotatable bonds is 6. The minimum Gasteiger partial charge on any atom is -0.392 e. The first-order valence-electron chi connectivity index (χ1n) is 6.60. The van der Waals surface area contributed by atoms with E-state index in [0.29, 0.717) is 12.0 Å². The van der Waals surface area contributed by atoms with Crippen molar-refractivity contribution >= 4 is 21.4 Å². The quantitative estimate of drug-likeness (QED) is 0.851. The highest BCUT2D eigenvalue weighted by molar-refractivity contribution is 7.89. The zero-order valence-corrected chi connectivity index (χ0v) is 13.6. The van der Waals surface area contributed by atoms with E-state index < -0.39 is 10.0 Å². The van der Waals surface area contributed by atoms with Gasteiger partial charge in [0.1, 0.15) is 5.01 Å². The van der Waals surface area contributed by atoms with Gasteiger partial charge in [-0.1, -0.05) is 19.1 Å². The molecule has 0 radical (unpaired) electrons. The van der Waals surface area contributed by atoms with Crippen LogP contribution in [0.3, 0.4) is 0 Å². The van der Waals surface area contributed by atoms with Gasteiger partial charge in [0.05, 0.1) is 18.0 Å². The average molecular weight is 326 g/mol. The topological polar surface area (TPSA) is 79.3 Å². The number of aryl methyl sites for hydroxylation is 2. The Morgan fingerprint density at radius 3 is 2.71 bits per heavy atom. The first-order chi connectivity index (χ1) is 9.96. The lowest BCUT2D eigenvalue weighted by Gasteiger charge is -2.11. The SMILES string of the molecule is CCc1ccc(CO)cc1S(=O)(=O)NCc1ncc(C)s1. The van der Waals surface area contributed by atoms with Crippen molar-refractivity contribution in [2.75, 3.05) is 0 Å². The molecule has 0 aliphatic rings. The van der Waals surface area contributed by atoms with E-state index in [1.54, 1.807) is 18.3 Å². The molecule has 0 amide bonds. The van der Waals surface area contributed by atoms with E-state index in [9.17, 15) is 13.5 Å². The summed E-state index contributed by atoms with van der Waals surface area (Å²) in [6, 6.07) is 5.00. The average Bonchev–Trinajstić information content (AvgIpc) is 2.90. The number of hydrogen-bond donors (Lipinski definition) is 2. The fraction of sp³-hybridized carbons (Fsp3) is 0.357. The second kappa shape index (κ2) is 6.65. The Bertz CT molecular complexity index is 724. The highest BCUT2D eigenvalue weighted by Crippen LogP contribution is 2.19. The zero-order chi connectivity index (χ0) is 15.5. The van der Waals surface area contributed by atoms with Crippen LogP contribution in [0.5, 0.6) is 0 Å². The molecule has 5 nitrogen and oxygen atoms in total. The number of thiazole rings is 1. The first kappa shape index (κ1) is 16.1. The molecule has 21 heavy (non-hydrogen) atoms. The Morgan fingerprint density at radius 2 is 2.14 bits per heavy atom. The lowest BCUT2D eigenvalue weighted by molar-refractivity contribution is 0.281. The van der Waals surface area contributed by atoms with Gasteiger partial charge < -0.3 is 5.11 Å². The summed E-state index contributed by atoms with van der Waals surface area (Å²) in [5.41, 5.74) is 1.31. The molecule has 0 atom stereocenters. The second-order valence-corrected chi connectivity index (χ2v) is 7.70. The maximum Gasteiger partial charge on any atom is 0.241 e. The molecule has 2 aromatic rings. The van der Waals surface area contributed by atoms with Gasteiger partial charge in [0.25, 0.3) is 0 Å². The summed E-state index contributed by atoms with van der Waals surface area (Å²) < 4.78 is 27.5. The highest BCUT2D eigenvalue weighted by Gasteiger charge is 2.18. The number of benzene rings is 1. The number of nitrogens with zero attached hydrogens (tertiary/aromatic N) is 1. The molecule has 1 heterocycles. The Balaban J connectivity index is 2.26. The van der Waals surface area contributed by atoms with Crippen LogP contribution in [0, 0.1) is 6.92 Å². The monoisotopic (exact) mass is 326 g/mol. The van der Waals surface area contributed by atoms with Gasteiger partial charge in [-0.15, -0.1) is 11.3 Å². The van der Waals surface area contributed by atoms with Gasteiger partial charge in [-0.05, 0) is 30.5 Å². The highest BCUT2D eigenvalue weighted by atomic mass is 32.2. The molecule has 1 aromatic heterocycles. The van der Waals surface area contributed by atoms with Crippen molar-refractivity contribution in [2.24, 2.45) is 0 Å². The molecule has 2 rings (SSSR count). The first-order valence-corrected chi connectivity index (χ1v) is 8.90. The van der Waals surface area contributed by atoms with E-state index in [-0.39, 0.29) is 18.0 Å². The van der Waals surface area contributed by atoms with Gasteiger partial charge in [0, 0.05) is 11.1 Å². The smallest absolute Gasteiger partial charge is 0.241 e. The summed E-state index contributed by atoms with van der Waals surface area (Å²) in [6.45, 7) is 3.82. The van der Waals surface area contributed by atoms with E-state index in [1.807, 2.05) is 13.8 Å². The van der Waals surface area contributed by atoms with Crippen molar-refractivity contribution in [3.63, 3.8) is 0 Å². The molecule has 0 unspecified atom stereocenters. The van der Waals surface area contributed by atoms with Crippen LogP contribution in [0.4, 0.5) is 0 Å². The molecule has 0 saturated heterocycles. The molecule has 0 saturated carbocycles. The Hall–Kier alpha value is -1.28. The van der Waals surface area contributed by atoms with Crippen molar-refractivity contribution in [1.29, 1.82) is 0 Å². The molecular formula is C14H18N2O3S2. The summed E-state index contributed by atoms with van der Waals surface area (Å²) in [6.07, 6.45) is 2.33. The molecule has 0 aliphatic heterocycles. The van der Waals surface area contributed by atoms with E-state index in [2.05, 4.69) is 9.71 Å². The maximum absolute atomic E-state index is 12.4. The fourth-order valence-corrected chi connectivity index (χ4v) is 4.12. The Kier molecular flexibility index (Phi) is 5.10. The van der Waals surface area contributed by atoms with E-state index >= 15 is 0 Å². The van der Waals surface area contributed by atoms with Crippen LogP contribution in [0.25, 0.3) is 0 Å². The van der Waals surface area contributed by atoms with Crippen molar-refractivity contribution in [3.05, 3.63) is 45.4 Å². The zero-order valence-electron chi connectivity index (χ0n) is 12.0. The molecular weight excluding hydrogens is 308 g/mol. The molecule has 2 N–H and O–H groups in total. The Morgan fingerprint density at radius 1 is 1.38 bits per heavy atom. The third-order valence-corrected chi connectivity index (χ3v) is 5.46. The summed E-state index contributed by atoms with van der Waals surface area (Å²) in [5.74, 6) is 0. The molecule has 0 fully saturated rings. The van der Waals surface area contributed by atoms with E-state index in [4.69, 9.17) is 0 Å². The third kappa shape index (κ3) is 3.88. The summed E-state index contributed by atoms with van der Waals surface area (Å²) in [4.78, 5) is 5.41. The van der Waals surface area contributed by atoms with Crippen LogP contribution in [-0.2, 0) is 29.6 Å². The number of aliphatic hydroxyl groups is 1. The third-order valence-electron chi connectivity index (χ3n) is 3.07. The van der Waals surface area contributed by atoms with Crippen molar-refractivity contribution < 1.29 is 13.5 Å². The molecule has 114 valence electrons. The maximum atomic E-state index is 12.4. The minimum absolute atomic E-state index is 0.174. The van der Waals surface area contributed by atoms with Gasteiger partial charge in [-0.3, -0.25) is 0 Å². The van der Waals surface area contributed by atoms with Crippen LogP contribution < -0.4 is 4.72 Å². The Labute approximate surface area is 128 Å². The van der Waals surface area contributed by atoms with Crippen molar-refractivity contribution in [2.45, 2.75) is 38.3 Å². The van der Waals surface area contributed by atoms with Gasteiger partial charge in [-0.2, -0.15) is 0 Å². The number of sulfonamides is 1. The largest absolute Gasteiger partial charge is 0.392 e. The second-order valence-electron chi connectivity index (χ2n) is 4.64. The summed E-state index contributed by atoms with van der Waals surface area (Å²) in [5, 5.41) is 9.91. The number of aliphatic hydroxyl groups excluding tert-OH is 1. The standard InChI is InChI=1S/C14H18N2O3S2/c1-3-12-5-4-11(9-17)6-13(12)21(18,19)16-8-14-15-7-10(2)20-14/h4-7,16-17H,3,8-9H2,1-2H3. The normalized spacial score (nSPS) is 11.8. The fourth-order valence-electron chi connectivity index (χ4n) is 1.96. The number of hydrogen-bond acceptors (Lipinski definition) is 5. The van der Waals surface area contributed by atoms with Crippen LogP contribution in [-0.4, -0.2) is 18.5 Å². The molecule has 1 aromatic carbocycles. The van der Waals surface area contributed by atoms with Crippen LogP contribution in [0.1, 0.15) is 27.9 Å². The van der Waals surface area contributed by atoms with Gasteiger partial charge in [0.2, 0.25) is 10.0 Å². The van der Waals surface area contributed by atoms with Crippen LogP contribution in [0.15, 0.2) is 29.3 Å². The lowest BCUT2D eigenvalue weighted by atomic mass is 10.1. The van der Waals surface area contributed by atoms with E-state index in [0.717, 1.165) is 15.4 Å². The summed E-state index contributed by atoms with van der Waals surface area (Å²) in [7, 11) is -3.62. The van der Waals surface area contributed by atoms with Crippen LogP contribution in [0.2, 0.25) is 0 Å². The van der Waals surface area contributed by atoms with Crippen molar-refractivity contribution in [3.8, 4) is 0 Å². The van der Waals surface area contributed by atoms with Crippen LogP contribution >= 0.6 is 11.3 Å². The van der Waals surface area contributed by atoms with E-state index in [1.165, 1.54) is 17.4 Å². The predicted molar refractivity (Wildman–Crippen MR) is 82.6 cm³/mol. The molecule has 0 bridgehead atoms. The molecule has 7 heteroatoms. The molecule has 0 spiro atoms. The predicted octanol–water partition coefficient (Wildman–Crippen LogP) is 1.98. The number of aromatic nitrogens is 1. The minimum atomic E-state index is -3.62. The van der Waals surface area contributed by atoms with Gasteiger partial charge in [-0.25, -0.2) is 18.1 Å². The number of nitrogens with one attached hydrogen (secondary N) is 1. The lowest BCUT2D eigenvalue weighted by Crippen LogP contribution is -2.24. The summed E-state index contributed by atoms with van der Waals surface area (Å²) >= 11 is 1.46. The van der Waals surface area contributed by atoms with Crippen molar-refractivity contribution in [1.82, 2.24) is 9.71 Å².